The van der Waals surface area contributed by atoms with Crippen LogP contribution in [0.3, 0.4) is 0 Å². The number of para-hydroxylation sites is 1. The van der Waals surface area contributed by atoms with Crippen LogP contribution in [0.1, 0.15) is 36.9 Å². The van der Waals surface area contributed by atoms with E-state index in [9.17, 15) is 19.8 Å². The van der Waals surface area contributed by atoms with Gasteiger partial charge in [-0.1, -0.05) is 48.5 Å². The first kappa shape index (κ1) is 19.9. The van der Waals surface area contributed by atoms with Crippen molar-refractivity contribution >= 4 is 34.0 Å². The summed E-state index contributed by atoms with van der Waals surface area (Å²) in [6.45, 7) is 0.0756. The van der Waals surface area contributed by atoms with Crippen molar-refractivity contribution < 1.29 is 24.9 Å². The first-order chi connectivity index (χ1) is 14.5. The number of carbonyl (C=O) groups is 2. The average Bonchev–Trinajstić information content (AvgIpc) is 3.34. The molecule has 0 amide bonds. The molecule has 0 unspecified atom stereocenters. The molecule has 4 rings (SSSR count). The number of thiophene rings is 1. The van der Waals surface area contributed by atoms with Gasteiger partial charge < -0.3 is 20.3 Å². The molecule has 7 heteroatoms. The van der Waals surface area contributed by atoms with Crippen LogP contribution in [-0.4, -0.2) is 38.7 Å². The molecule has 4 N–H and O–H groups in total. The van der Waals surface area contributed by atoms with Crippen molar-refractivity contribution in [3.05, 3.63) is 75.6 Å². The van der Waals surface area contributed by atoms with Crippen molar-refractivity contribution in [1.29, 1.82) is 0 Å². The van der Waals surface area contributed by atoms with Gasteiger partial charge in [-0.25, -0.2) is 4.79 Å². The van der Waals surface area contributed by atoms with Gasteiger partial charge in [0, 0.05) is 34.8 Å². The lowest BCUT2D eigenvalue weighted by Crippen LogP contribution is -1.98. The minimum absolute atomic E-state index is 0.00656. The van der Waals surface area contributed by atoms with E-state index < -0.39 is 11.8 Å². The summed E-state index contributed by atoms with van der Waals surface area (Å²) in [5.41, 5.74) is 2.83. The van der Waals surface area contributed by atoms with Crippen LogP contribution in [0.4, 0.5) is 0 Å². The topological polar surface area (TPSA) is 111 Å². The Morgan fingerprint density at radius 2 is 1.77 bits per heavy atom. The summed E-state index contributed by atoms with van der Waals surface area (Å²) in [5, 5.41) is 30.2. The van der Waals surface area contributed by atoms with Gasteiger partial charge in [0.1, 0.15) is 15.5 Å². The summed E-state index contributed by atoms with van der Waals surface area (Å²) in [6.07, 6.45) is 2.85. The van der Waals surface area contributed by atoms with E-state index in [1.165, 1.54) is 0 Å². The summed E-state index contributed by atoms with van der Waals surface area (Å²) in [7, 11) is 0. The molecule has 0 aliphatic carbocycles. The number of carboxylic acids is 1. The Labute approximate surface area is 176 Å². The molecular weight excluding hydrogens is 402 g/mol. The standard InChI is InChI=1S/C23H19NO5S/c25-11-5-9-14-8-4-10-15-16(12-24-18(14)15)19(26)22-20(27)17(21(30-22)23(28)29)13-6-2-1-3-7-13/h1-4,6-8,10,12,24-25,27H,5,9,11H2,(H,28,29). The van der Waals surface area contributed by atoms with E-state index in [1.807, 2.05) is 18.2 Å². The number of aliphatic hydroxyl groups excluding tert-OH is 1. The zero-order valence-electron chi connectivity index (χ0n) is 15.9. The third-order valence-corrected chi connectivity index (χ3v) is 6.16. The highest BCUT2D eigenvalue weighted by Crippen LogP contribution is 2.43. The number of carboxylic acid groups (broad SMARTS) is 1. The highest BCUT2D eigenvalue weighted by atomic mass is 32.1. The molecule has 0 spiro atoms. The molecule has 0 fully saturated rings. The Bertz CT molecular complexity index is 1240. The second-order valence-electron chi connectivity index (χ2n) is 6.85. The van der Waals surface area contributed by atoms with E-state index in [-0.39, 0.29) is 27.7 Å². The Hall–Kier alpha value is -3.42. The summed E-state index contributed by atoms with van der Waals surface area (Å²) in [6, 6.07) is 14.2. The number of aromatic hydroxyl groups is 1. The Morgan fingerprint density at radius 3 is 2.47 bits per heavy atom. The quantitative estimate of drug-likeness (QED) is 0.329. The second kappa shape index (κ2) is 8.14. The number of aromatic amines is 1. The third-order valence-electron chi connectivity index (χ3n) is 5.00. The predicted octanol–water partition coefficient (Wildman–Crippen LogP) is 4.46. The highest BCUT2D eigenvalue weighted by Gasteiger charge is 2.28. The van der Waals surface area contributed by atoms with E-state index in [1.54, 1.807) is 36.5 Å². The van der Waals surface area contributed by atoms with Crippen molar-refractivity contribution in [3.8, 4) is 16.9 Å². The number of hydrogen-bond acceptors (Lipinski definition) is 5. The number of carbonyl (C=O) groups excluding carboxylic acids is 1. The first-order valence-corrected chi connectivity index (χ1v) is 10.2. The molecule has 0 bridgehead atoms. The average molecular weight is 421 g/mol. The maximum absolute atomic E-state index is 13.3. The number of ketones is 1. The largest absolute Gasteiger partial charge is 0.506 e. The number of aliphatic hydroxyl groups is 1. The van der Waals surface area contributed by atoms with Crippen LogP contribution in [0.15, 0.2) is 54.7 Å². The molecule has 2 aromatic heterocycles. The molecule has 6 nitrogen and oxygen atoms in total. The number of H-pyrrole nitrogens is 1. The van der Waals surface area contributed by atoms with Crippen LogP contribution >= 0.6 is 11.3 Å². The van der Waals surface area contributed by atoms with Gasteiger partial charge in [-0.3, -0.25) is 4.79 Å². The number of fused-ring (bicyclic) bond motifs is 1. The summed E-state index contributed by atoms with van der Waals surface area (Å²) < 4.78 is 0. The second-order valence-corrected chi connectivity index (χ2v) is 7.87. The summed E-state index contributed by atoms with van der Waals surface area (Å²) >= 11 is 0.776. The van der Waals surface area contributed by atoms with Crippen molar-refractivity contribution in [2.75, 3.05) is 6.61 Å². The normalized spacial score (nSPS) is 11.1. The fourth-order valence-electron chi connectivity index (χ4n) is 3.60. The molecule has 2 heterocycles. The van der Waals surface area contributed by atoms with Crippen molar-refractivity contribution in [2.24, 2.45) is 0 Å². The molecule has 0 saturated carbocycles. The number of nitrogens with one attached hydrogen (secondary N) is 1. The fourth-order valence-corrected chi connectivity index (χ4v) is 4.61. The zero-order valence-corrected chi connectivity index (χ0v) is 16.7. The number of aromatic carboxylic acids is 1. The molecule has 0 aliphatic heterocycles. The predicted molar refractivity (Wildman–Crippen MR) is 116 cm³/mol. The molecule has 0 radical (unpaired) electrons. The molecule has 2 aromatic carbocycles. The Balaban J connectivity index is 1.82. The monoisotopic (exact) mass is 421 g/mol. The van der Waals surface area contributed by atoms with Crippen LogP contribution in [-0.2, 0) is 6.42 Å². The van der Waals surface area contributed by atoms with Gasteiger partial charge in [-0.05, 0) is 24.0 Å². The van der Waals surface area contributed by atoms with Gasteiger partial charge in [-0.15, -0.1) is 11.3 Å². The number of benzene rings is 2. The minimum atomic E-state index is -1.20. The van der Waals surface area contributed by atoms with Gasteiger partial charge in [0.25, 0.3) is 0 Å². The SMILES string of the molecule is O=C(O)c1sc(C(=O)c2c[nH]c3c(CCCO)cccc23)c(O)c1-c1ccccc1. The van der Waals surface area contributed by atoms with Crippen molar-refractivity contribution in [3.63, 3.8) is 0 Å². The van der Waals surface area contributed by atoms with Crippen LogP contribution in [0.5, 0.6) is 5.75 Å². The lowest BCUT2D eigenvalue weighted by atomic mass is 10.0. The maximum atomic E-state index is 13.3. The van der Waals surface area contributed by atoms with Crippen LogP contribution in [0.2, 0.25) is 0 Å². The van der Waals surface area contributed by atoms with E-state index in [2.05, 4.69) is 4.98 Å². The van der Waals surface area contributed by atoms with Gasteiger partial charge in [0.15, 0.2) is 0 Å². The summed E-state index contributed by atoms with van der Waals surface area (Å²) in [5.74, 6) is -1.95. The van der Waals surface area contributed by atoms with Crippen molar-refractivity contribution in [2.45, 2.75) is 12.8 Å². The van der Waals surface area contributed by atoms with Gasteiger partial charge in [0.05, 0.1) is 0 Å². The lowest BCUT2D eigenvalue weighted by molar-refractivity contribution is 0.0702. The van der Waals surface area contributed by atoms with E-state index in [0.29, 0.717) is 29.4 Å². The molecular formula is C23H19NO5S. The summed E-state index contributed by atoms with van der Waals surface area (Å²) in [4.78, 5) is 28.1. The van der Waals surface area contributed by atoms with Gasteiger partial charge >= 0.3 is 5.97 Å². The minimum Gasteiger partial charge on any atom is -0.506 e. The molecule has 4 aromatic rings. The highest BCUT2D eigenvalue weighted by molar-refractivity contribution is 7.17. The van der Waals surface area contributed by atoms with Gasteiger partial charge in [0.2, 0.25) is 5.78 Å². The van der Waals surface area contributed by atoms with E-state index in [4.69, 9.17) is 5.11 Å². The van der Waals surface area contributed by atoms with Crippen molar-refractivity contribution in [1.82, 2.24) is 4.98 Å². The fraction of sp³-hybridized carbons (Fsp3) is 0.130. The smallest absolute Gasteiger partial charge is 0.346 e. The number of aromatic nitrogens is 1. The number of hydrogen-bond donors (Lipinski definition) is 4. The van der Waals surface area contributed by atoms with Crippen LogP contribution in [0.25, 0.3) is 22.0 Å². The molecule has 0 aliphatic rings. The Morgan fingerprint density at radius 1 is 1.00 bits per heavy atom. The zero-order chi connectivity index (χ0) is 21.3. The number of aryl methyl sites for hydroxylation is 1. The lowest BCUT2D eigenvalue weighted by Gasteiger charge is -2.03. The third kappa shape index (κ3) is 3.38. The first-order valence-electron chi connectivity index (χ1n) is 9.42. The van der Waals surface area contributed by atoms with Crippen LogP contribution < -0.4 is 0 Å². The molecule has 152 valence electrons. The van der Waals surface area contributed by atoms with E-state index in [0.717, 1.165) is 22.4 Å². The van der Waals surface area contributed by atoms with Gasteiger partial charge in [-0.2, -0.15) is 0 Å². The Kier molecular flexibility index (Phi) is 5.39. The molecule has 30 heavy (non-hydrogen) atoms. The molecule has 0 saturated heterocycles. The maximum Gasteiger partial charge on any atom is 0.346 e. The molecule has 0 atom stereocenters. The van der Waals surface area contributed by atoms with E-state index >= 15 is 0 Å². The number of rotatable bonds is 7. The van der Waals surface area contributed by atoms with Crippen LogP contribution in [0, 0.1) is 0 Å².